The van der Waals surface area contributed by atoms with Crippen molar-refractivity contribution in [1.82, 2.24) is 0 Å². The molecule has 0 heterocycles. The molecule has 0 atom stereocenters. The molecular formula is C23H41O8P. The summed E-state index contributed by atoms with van der Waals surface area (Å²) in [7, 11) is -3.53. The third-order valence-electron chi connectivity index (χ3n) is 4.35. The molecule has 186 valence electrons. The number of rotatable bonds is 23. The highest BCUT2D eigenvalue weighted by atomic mass is 31.2. The SMILES string of the molecule is C=CC(=O)OCCCCCCCOP(=O)(OCCC)OCCCCCCCOC(=O)C=C. The van der Waals surface area contributed by atoms with Crippen molar-refractivity contribution in [3.8, 4) is 0 Å². The summed E-state index contributed by atoms with van der Waals surface area (Å²) < 4.78 is 38.9. The lowest BCUT2D eigenvalue weighted by Crippen LogP contribution is -2.04. The van der Waals surface area contributed by atoms with Gasteiger partial charge in [-0.25, -0.2) is 14.2 Å². The minimum atomic E-state index is -3.53. The fraction of sp³-hybridized carbons (Fsp3) is 0.739. The molecule has 0 N–H and O–H groups in total. The summed E-state index contributed by atoms with van der Waals surface area (Å²) in [5.41, 5.74) is 0. The first-order valence-electron chi connectivity index (χ1n) is 11.6. The Morgan fingerprint density at radius 2 is 0.969 bits per heavy atom. The number of phosphoric acid groups is 1. The minimum Gasteiger partial charge on any atom is -0.463 e. The summed E-state index contributed by atoms with van der Waals surface area (Å²) in [6.45, 7) is 10.4. The van der Waals surface area contributed by atoms with Crippen LogP contribution in [0.1, 0.15) is 77.6 Å². The predicted molar refractivity (Wildman–Crippen MR) is 124 cm³/mol. The smallest absolute Gasteiger partial charge is 0.463 e. The highest BCUT2D eigenvalue weighted by Gasteiger charge is 2.25. The van der Waals surface area contributed by atoms with Crippen molar-refractivity contribution in [3.63, 3.8) is 0 Å². The zero-order chi connectivity index (χ0) is 23.9. The third kappa shape index (κ3) is 19.2. The predicted octanol–water partition coefficient (Wildman–Crippen LogP) is 5.91. The van der Waals surface area contributed by atoms with Gasteiger partial charge in [-0.2, -0.15) is 0 Å². The number of hydrogen-bond acceptors (Lipinski definition) is 8. The maximum absolute atomic E-state index is 12.7. The first-order chi connectivity index (χ1) is 15.5. The quantitative estimate of drug-likeness (QED) is 0.0776. The third-order valence-corrected chi connectivity index (χ3v) is 5.85. The van der Waals surface area contributed by atoms with Gasteiger partial charge in [0.2, 0.25) is 0 Å². The topological polar surface area (TPSA) is 97.4 Å². The molecule has 0 bridgehead atoms. The Hall–Kier alpha value is -1.47. The largest absolute Gasteiger partial charge is 0.474 e. The van der Waals surface area contributed by atoms with Crippen molar-refractivity contribution < 1.29 is 37.2 Å². The molecule has 0 saturated heterocycles. The Morgan fingerprint density at radius 1 is 0.625 bits per heavy atom. The van der Waals surface area contributed by atoms with Crippen molar-refractivity contribution in [2.24, 2.45) is 0 Å². The van der Waals surface area contributed by atoms with Gasteiger partial charge in [-0.1, -0.05) is 58.6 Å². The van der Waals surface area contributed by atoms with Crippen LogP contribution in [0.4, 0.5) is 0 Å². The van der Waals surface area contributed by atoms with Crippen LogP contribution in [-0.4, -0.2) is 45.0 Å². The Bertz CT molecular complexity index is 522. The van der Waals surface area contributed by atoms with Crippen LogP contribution in [-0.2, 0) is 37.2 Å². The molecule has 0 aliphatic heterocycles. The van der Waals surface area contributed by atoms with E-state index < -0.39 is 19.8 Å². The molecule has 0 aromatic heterocycles. The van der Waals surface area contributed by atoms with E-state index >= 15 is 0 Å². The second-order valence-electron chi connectivity index (χ2n) is 7.23. The van der Waals surface area contributed by atoms with Crippen molar-refractivity contribution >= 4 is 19.8 Å². The molecule has 9 heteroatoms. The summed E-state index contributed by atoms with van der Waals surface area (Å²) in [6.07, 6.45) is 11.9. The lowest BCUT2D eigenvalue weighted by Gasteiger charge is -2.17. The van der Waals surface area contributed by atoms with Gasteiger partial charge in [0.25, 0.3) is 0 Å². The normalized spacial score (nSPS) is 11.2. The molecule has 0 fully saturated rings. The first kappa shape index (κ1) is 30.5. The van der Waals surface area contributed by atoms with Gasteiger partial charge in [0.15, 0.2) is 0 Å². The van der Waals surface area contributed by atoms with E-state index in [-0.39, 0.29) is 0 Å². The fourth-order valence-electron chi connectivity index (χ4n) is 2.60. The second kappa shape index (κ2) is 21.4. The van der Waals surface area contributed by atoms with E-state index in [4.69, 9.17) is 23.0 Å². The van der Waals surface area contributed by atoms with Crippen molar-refractivity contribution in [2.45, 2.75) is 77.6 Å². The van der Waals surface area contributed by atoms with E-state index in [0.29, 0.717) is 33.0 Å². The Balaban J connectivity index is 3.82. The van der Waals surface area contributed by atoms with Gasteiger partial charge in [0, 0.05) is 12.2 Å². The van der Waals surface area contributed by atoms with E-state index in [1.54, 1.807) is 0 Å². The van der Waals surface area contributed by atoms with Crippen LogP contribution in [0.25, 0.3) is 0 Å². The standard InChI is InChI=1S/C23H41O8P/c1-4-17-29-32(26,30-20-15-11-7-9-13-18-27-22(24)5-2)31-21-16-12-8-10-14-19-28-23(25)6-3/h5-6H,2-4,7-21H2,1H3. The second-order valence-corrected chi connectivity index (χ2v) is 8.89. The molecule has 0 aliphatic carbocycles. The number of carbonyl (C=O) groups excluding carboxylic acids is 2. The van der Waals surface area contributed by atoms with E-state index in [0.717, 1.165) is 82.8 Å². The monoisotopic (exact) mass is 476 g/mol. The van der Waals surface area contributed by atoms with Crippen LogP contribution in [0, 0.1) is 0 Å². The molecule has 8 nitrogen and oxygen atoms in total. The molecule has 0 rings (SSSR count). The molecule has 0 amide bonds. The highest BCUT2D eigenvalue weighted by molar-refractivity contribution is 7.48. The van der Waals surface area contributed by atoms with Gasteiger partial charge in [0.05, 0.1) is 33.0 Å². The van der Waals surface area contributed by atoms with Crippen LogP contribution in [0.2, 0.25) is 0 Å². The molecule has 0 radical (unpaired) electrons. The lowest BCUT2D eigenvalue weighted by atomic mass is 10.1. The first-order valence-corrected chi connectivity index (χ1v) is 13.1. The van der Waals surface area contributed by atoms with Gasteiger partial charge in [0.1, 0.15) is 0 Å². The summed E-state index contributed by atoms with van der Waals surface area (Å²) >= 11 is 0. The Kier molecular flexibility index (Phi) is 20.4. The molecule has 0 unspecified atom stereocenters. The van der Waals surface area contributed by atoms with E-state index in [1.807, 2.05) is 6.92 Å². The summed E-state index contributed by atoms with van der Waals surface area (Å²) in [5, 5.41) is 0. The Morgan fingerprint density at radius 3 is 1.34 bits per heavy atom. The molecule has 0 aromatic carbocycles. The molecular weight excluding hydrogens is 435 g/mol. The van der Waals surface area contributed by atoms with Gasteiger partial charge >= 0.3 is 19.8 Å². The zero-order valence-electron chi connectivity index (χ0n) is 19.6. The number of hydrogen-bond donors (Lipinski definition) is 0. The van der Waals surface area contributed by atoms with E-state index in [9.17, 15) is 14.2 Å². The van der Waals surface area contributed by atoms with Crippen LogP contribution < -0.4 is 0 Å². The maximum Gasteiger partial charge on any atom is 0.474 e. The lowest BCUT2D eigenvalue weighted by molar-refractivity contribution is -0.138. The van der Waals surface area contributed by atoms with E-state index in [2.05, 4.69) is 13.2 Å². The van der Waals surface area contributed by atoms with Crippen molar-refractivity contribution in [3.05, 3.63) is 25.3 Å². The van der Waals surface area contributed by atoms with Crippen LogP contribution in [0.15, 0.2) is 25.3 Å². The number of carbonyl (C=O) groups is 2. The maximum atomic E-state index is 12.7. The number of phosphoric ester groups is 1. The van der Waals surface area contributed by atoms with Gasteiger partial charge in [-0.3, -0.25) is 13.6 Å². The van der Waals surface area contributed by atoms with Gasteiger partial charge in [-0.15, -0.1) is 0 Å². The molecule has 0 saturated carbocycles. The molecule has 0 spiro atoms. The Labute approximate surface area is 193 Å². The fourth-order valence-corrected chi connectivity index (χ4v) is 3.94. The summed E-state index contributed by atoms with van der Waals surface area (Å²) in [5.74, 6) is -0.791. The van der Waals surface area contributed by atoms with Crippen molar-refractivity contribution in [2.75, 3.05) is 33.0 Å². The van der Waals surface area contributed by atoms with Crippen LogP contribution in [0.5, 0.6) is 0 Å². The highest BCUT2D eigenvalue weighted by Crippen LogP contribution is 2.49. The molecule has 32 heavy (non-hydrogen) atoms. The number of ether oxygens (including phenoxy) is 2. The summed E-state index contributed by atoms with van der Waals surface area (Å²) in [6, 6.07) is 0. The number of unbranched alkanes of at least 4 members (excludes halogenated alkanes) is 8. The van der Waals surface area contributed by atoms with Crippen molar-refractivity contribution in [1.29, 1.82) is 0 Å². The average Bonchev–Trinajstić information content (AvgIpc) is 2.80. The van der Waals surface area contributed by atoms with Crippen LogP contribution in [0.3, 0.4) is 0 Å². The van der Waals surface area contributed by atoms with Gasteiger partial charge in [-0.05, 0) is 32.1 Å². The van der Waals surface area contributed by atoms with Crippen LogP contribution >= 0.6 is 7.82 Å². The average molecular weight is 477 g/mol. The zero-order valence-corrected chi connectivity index (χ0v) is 20.5. The molecule has 0 aromatic rings. The molecule has 0 aliphatic rings. The van der Waals surface area contributed by atoms with Gasteiger partial charge < -0.3 is 9.47 Å². The number of esters is 2. The van der Waals surface area contributed by atoms with E-state index in [1.165, 1.54) is 0 Å². The minimum absolute atomic E-state index is 0.315. The summed E-state index contributed by atoms with van der Waals surface area (Å²) in [4.78, 5) is 21.9.